The van der Waals surface area contributed by atoms with Gasteiger partial charge in [-0.25, -0.2) is 0 Å². The van der Waals surface area contributed by atoms with E-state index in [1.807, 2.05) is 18.2 Å². The molecular formula is C19H16O5. The van der Waals surface area contributed by atoms with Gasteiger partial charge in [-0.15, -0.1) is 0 Å². The molecule has 122 valence electrons. The van der Waals surface area contributed by atoms with Gasteiger partial charge in [0.1, 0.15) is 17.1 Å². The fourth-order valence-corrected chi connectivity index (χ4v) is 2.72. The van der Waals surface area contributed by atoms with E-state index in [4.69, 9.17) is 18.6 Å². The summed E-state index contributed by atoms with van der Waals surface area (Å²) in [5.41, 5.74) is 1.16. The van der Waals surface area contributed by atoms with Gasteiger partial charge in [-0.2, -0.15) is 0 Å². The van der Waals surface area contributed by atoms with Crippen LogP contribution in [0.2, 0.25) is 0 Å². The summed E-state index contributed by atoms with van der Waals surface area (Å²) in [5, 5.41) is 0.522. The van der Waals surface area contributed by atoms with E-state index in [2.05, 4.69) is 0 Å². The molecule has 0 unspecified atom stereocenters. The molecule has 1 aromatic heterocycles. The number of benzene rings is 2. The zero-order valence-corrected chi connectivity index (χ0v) is 13.2. The summed E-state index contributed by atoms with van der Waals surface area (Å²) in [4.78, 5) is 12.4. The molecule has 0 aliphatic carbocycles. The second kappa shape index (κ2) is 5.92. The second-order valence-corrected chi connectivity index (χ2v) is 5.55. The van der Waals surface area contributed by atoms with Crippen LogP contribution in [0.15, 0.2) is 51.7 Å². The smallest absolute Gasteiger partial charge is 0.193 e. The van der Waals surface area contributed by atoms with Crippen LogP contribution in [0.25, 0.3) is 22.3 Å². The Morgan fingerprint density at radius 2 is 1.79 bits per heavy atom. The summed E-state index contributed by atoms with van der Waals surface area (Å²) in [7, 11) is 1.58. The van der Waals surface area contributed by atoms with Gasteiger partial charge in [-0.1, -0.05) is 0 Å². The molecule has 4 rings (SSSR count). The molecule has 2 heterocycles. The quantitative estimate of drug-likeness (QED) is 0.720. The van der Waals surface area contributed by atoms with Gasteiger partial charge in [0.2, 0.25) is 0 Å². The standard InChI is InChI=1S/C19H16O5/c1-21-13-4-5-14-15(20)11-17(24-18(14)10-13)12-3-6-16-19(9-12)23-8-2-7-22-16/h3-6,9-11H,2,7-8H2,1H3. The van der Waals surface area contributed by atoms with Gasteiger partial charge in [0.15, 0.2) is 16.9 Å². The Morgan fingerprint density at radius 1 is 0.958 bits per heavy atom. The monoisotopic (exact) mass is 324 g/mol. The van der Waals surface area contributed by atoms with Crippen molar-refractivity contribution in [1.82, 2.24) is 0 Å². The first kappa shape index (κ1) is 14.6. The lowest BCUT2D eigenvalue weighted by atomic mass is 10.1. The first-order valence-electron chi connectivity index (χ1n) is 7.76. The number of hydrogen-bond donors (Lipinski definition) is 0. The number of rotatable bonds is 2. The molecule has 1 aliphatic heterocycles. The van der Waals surface area contributed by atoms with E-state index in [0.29, 0.717) is 47.2 Å². The van der Waals surface area contributed by atoms with Crippen LogP contribution in [0.3, 0.4) is 0 Å². The Bertz CT molecular complexity index is 958. The molecule has 0 bridgehead atoms. The van der Waals surface area contributed by atoms with Gasteiger partial charge in [0.25, 0.3) is 0 Å². The molecule has 0 saturated carbocycles. The third-order valence-electron chi connectivity index (χ3n) is 3.97. The predicted molar refractivity (Wildman–Crippen MR) is 90.1 cm³/mol. The summed E-state index contributed by atoms with van der Waals surface area (Å²) in [5.74, 6) is 2.50. The fraction of sp³-hybridized carbons (Fsp3) is 0.211. The minimum absolute atomic E-state index is 0.0963. The van der Waals surface area contributed by atoms with Crippen molar-refractivity contribution < 1.29 is 18.6 Å². The molecule has 0 atom stereocenters. The lowest BCUT2D eigenvalue weighted by molar-refractivity contribution is 0.297. The third-order valence-corrected chi connectivity index (χ3v) is 3.97. The highest BCUT2D eigenvalue weighted by Crippen LogP contribution is 2.34. The van der Waals surface area contributed by atoms with Crippen molar-refractivity contribution in [3.05, 3.63) is 52.7 Å². The van der Waals surface area contributed by atoms with E-state index in [1.165, 1.54) is 6.07 Å². The molecule has 1 aliphatic rings. The molecule has 5 nitrogen and oxygen atoms in total. The number of fused-ring (bicyclic) bond motifs is 2. The summed E-state index contributed by atoms with van der Waals surface area (Å²) in [6.45, 7) is 1.24. The van der Waals surface area contributed by atoms with Crippen molar-refractivity contribution in [3.8, 4) is 28.6 Å². The topological polar surface area (TPSA) is 57.9 Å². The molecule has 0 spiro atoms. The van der Waals surface area contributed by atoms with Crippen LogP contribution in [-0.2, 0) is 0 Å². The summed E-state index contributed by atoms with van der Waals surface area (Å²) in [6, 6.07) is 12.2. The zero-order chi connectivity index (χ0) is 16.5. The minimum Gasteiger partial charge on any atom is -0.497 e. The lowest BCUT2D eigenvalue weighted by Gasteiger charge is -2.09. The number of hydrogen-bond acceptors (Lipinski definition) is 5. The molecule has 0 saturated heterocycles. The van der Waals surface area contributed by atoms with Gasteiger partial charge in [0.05, 0.1) is 25.7 Å². The molecule has 5 heteroatoms. The largest absolute Gasteiger partial charge is 0.497 e. The van der Waals surface area contributed by atoms with E-state index >= 15 is 0 Å². The third kappa shape index (κ3) is 2.58. The Kier molecular flexibility index (Phi) is 3.61. The highest BCUT2D eigenvalue weighted by atomic mass is 16.5. The van der Waals surface area contributed by atoms with Gasteiger partial charge >= 0.3 is 0 Å². The van der Waals surface area contributed by atoms with Crippen LogP contribution < -0.4 is 19.6 Å². The van der Waals surface area contributed by atoms with Gasteiger partial charge in [0, 0.05) is 24.1 Å². The first-order valence-corrected chi connectivity index (χ1v) is 7.76. The van der Waals surface area contributed by atoms with Crippen molar-refractivity contribution in [3.63, 3.8) is 0 Å². The SMILES string of the molecule is COc1ccc2c(=O)cc(-c3ccc4c(c3)OCCCO4)oc2c1. The van der Waals surface area contributed by atoms with Crippen LogP contribution in [0.4, 0.5) is 0 Å². The van der Waals surface area contributed by atoms with Crippen molar-refractivity contribution in [1.29, 1.82) is 0 Å². The molecule has 0 N–H and O–H groups in total. The van der Waals surface area contributed by atoms with Crippen molar-refractivity contribution >= 4 is 11.0 Å². The van der Waals surface area contributed by atoms with E-state index in [-0.39, 0.29) is 5.43 Å². The number of ether oxygens (including phenoxy) is 3. The average Bonchev–Trinajstić information content (AvgIpc) is 2.85. The summed E-state index contributed by atoms with van der Waals surface area (Å²) >= 11 is 0. The summed E-state index contributed by atoms with van der Waals surface area (Å²) in [6.07, 6.45) is 0.842. The number of methoxy groups -OCH3 is 1. The summed E-state index contributed by atoms with van der Waals surface area (Å²) < 4.78 is 22.4. The fourth-order valence-electron chi connectivity index (χ4n) is 2.72. The van der Waals surface area contributed by atoms with Crippen LogP contribution in [0.1, 0.15) is 6.42 Å². The Morgan fingerprint density at radius 3 is 2.62 bits per heavy atom. The molecule has 0 amide bonds. The molecule has 3 aromatic rings. The molecule has 0 fully saturated rings. The van der Waals surface area contributed by atoms with E-state index < -0.39 is 0 Å². The highest BCUT2D eigenvalue weighted by molar-refractivity contribution is 5.80. The Balaban J connectivity index is 1.84. The van der Waals surface area contributed by atoms with Gasteiger partial charge < -0.3 is 18.6 Å². The van der Waals surface area contributed by atoms with E-state index in [9.17, 15) is 4.79 Å². The second-order valence-electron chi connectivity index (χ2n) is 5.55. The first-order chi connectivity index (χ1) is 11.7. The van der Waals surface area contributed by atoms with Crippen molar-refractivity contribution in [2.45, 2.75) is 6.42 Å². The lowest BCUT2D eigenvalue weighted by Crippen LogP contribution is -2.00. The zero-order valence-electron chi connectivity index (χ0n) is 13.2. The predicted octanol–water partition coefficient (Wildman–Crippen LogP) is 3.63. The minimum atomic E-state index is -0.0963. The Hall–Kier alpha value is -2.95. The van der Waals surface area contributed by atoms with Crippen molar-refractivity contribution in [2.75, 3.05) is 20.3 Å². The molecular weight excluding hydrogens is 308 g/mol. The van der Waals surface area contributed by atoms with Gasteiger partial charge in [-0.05, 0) is 30.3 Å². The van der Waals surface area contributed by atoms with Crippen LogP contribution in [0.5, 0.6) is 17.2 Å². The van der Waals surface area contributed by atoms with Crippen LogP contribution in [0, 0.1) is 0 Å². The maximum absolute atomic E-state index is 12.4. The Labute approximate surface area is 138 Å². The van der Waals surface area contributed by atoms with E-state index in [0.717, 1.165) is 12.0 Å². The van der Waals surface area contributed by atoms with Crippen LogP contribution in [-0.4, -0.2) is 20.3 Å². The highest BCUT2D eigenvalue weighted by Gasteiger charge is 2.14. The van der Waals surface area contributed by atoms with E-state index in [1.54, 1.807) is 25.3 Å². The molecule has 0 radical (unpaired) electrons. The average molecular weight is 324 g/mol. The van der Waals surface area contributed by atoms with Crippen molar-refractivity contribution in [2.24, 2.45) is 0 Å². The normalized spacial score (nSPS) is 13.5. The molecule has 24 heavy (non-hydrogen) atoms. The van der Waals surface area contributed by atoms with Gasteiger partial charge in [-0.3, -0.25) is 4.79 Å². The maximum Gasteiger partial charge on any atom is 0.193 e. The molecule has 2 aromatic carbocycles. The maximum atomic E-state index is 12.4. The van der Waals surface area contributed by atoms with Crippen LogP contribution >= 0.6 is 0 Å².